The number of hydrogen-bond donors (Lipinski definition) is 1. The topological polar surface area (TPSA) is 46.5 Å². The van der Waals surface area contributed by atoms with Crippen LogP contribution in [-0.2, 0) is 9.09 Å². The van der Waals surface area contributed by atoms with Gasteiger partial charge < -0.3 is 4.89 Å². The van der Waals surface area contributed by atoms with Gasteiger partial charge in [0.1, 0.15) is 0 Å². The minimum atomic E-state index is -3.76. The second-order valence-corrected chi connectivity index (χ2v) is 5.69. The molecule has 72 valence electrons. The van der Waals surface area contributed by atoms with Crippen LogP contribution in [0.25, 0.3) is 0 Å². The van der Waals surface area contributed by atoms with E-state index in [2.05, 4.69) is 4.52 Å². The molecule has 1 N–H and O–H groups in total. The monoisotopic (exact) mass is 212 g/mol. The summed E-state index contributed by atoms with van der Waals surface area (Å²) in [6.45, 7) is -3.43. The lowest BCUT2D eigenvalue weighted by molar-refractivity contribution is 0.194. The standard InChI is InChI=1S/C7H14ClO3P/c8-12(9,10)11-6-7-4-2-1-3-5-7/h7H,1-6H2,(H,9,10). The smallest absolute Gasteiger partial charge is 0.313 e. The Morgan fingerprint density at radius 2 is 2.00 bits per heavy atom. The fourth-order valence-corrected chi connectivity index (χ4v) is 2.11. The maximum Gasteiger partial charge on any atom is 0.421 e. The summed E-state index contributed by atoms with van der Waals surface area (Å²) in [5, 5.41) is 0. The lowest BCUT2D eigenvalue weighted by atomic mass is 9.90. The summed E-state index contributed by atoms with van der Waals surface area (Å²) in [4.78, 5) is 8.65. The van der Waals surface area contributed by atoms with Gasteiger partial charge in [-0.2, -0.15) is 0 Å². The second-order valence-electron chi connectivity index (χ2n) is 3.25. The Bertz CT molecular complexity index is 173. The van der Waals surface area contributed by atoms with Crippen molar-refractivity contribution in [3.05, 3.63) is 0 Å². The molecule has 1 atom stereocenters. The molecule has 12 heavy (non-hydrogen) atoms. The third kappa shape index (κ3) is 4.46. The zero-order chi connectivity index (χ0) is 9.03. The molecular weight excluding hydrogens is 199 g/mol. The second kappa shape index (κ2) is 4.61. The van der Waals surface area contributed by atoms with E-state index in [1.165, 1.54) is 19.3 Å². The van der Waals surface area contributed by atoms with Crippen molar-refractivity contribution >= 4 is 18.2 Å². The van der Waals surface area contributed by atoms with E-state index >= 15 is 0 Å². The summed E-state index contributed by atoms with van der Waals surface area (Å²) < 4.78 is 15.2. The molecule has 0 saturated heterocycles. The quantitative estimate of drug-likeness (QED) is 0.732. The van der Waals surface area contributed by atoms with E-state index in [-0.39, 0.29) is 0 Å². The molecule has 1 saturated carbocycles. The molecule has 0 aromatic rings. The average molecular weight is 213 g/mol. The maximum atomic E-state index is 10.6. The molecule has 0 radical (unpaired) electrons. The van der Waals surface area contributed by atoms with Crippen LogP contribution in [0.1, 0.15) is 32.1 Å². The Hall–Kier alpha value is 0.440. The van der Waals surface area contributed by atoms with E-state index in [4.69, 9.17) is 16.1 Å². The van der Waals surface area contributed by atoms with Gasteiger partial charge in [-0.25, -0.2) is 4.57 Å². The van der Waals surface area contributed by atoms with Gasteiger partial charge in [0, 0.05) is 11.2 Å². The van der Waals surface area contributed by atoms with Crippen LogP contribution in [0.4, 0.5) is 0 Å². The van der Waals surface area contributed by atoms with Gasteiger partial charge in [-0.3, -0.25) is 4.52 Å². The van der Waals surface area contributed by atoms with Crippen molar-refractivity contribution in [3.8, 4) is 0 Å². The van der Waals surface area contributed by atoms with Crippen molar-refractivity contribution in [2.45, 2.75) is 32.1 Å². The van der Waals surface area contributed by atoms with Gasteiger partial charge in [-0.15, -0.1) is 0 Å². The first kappa shape index (κ1) is 10.5. The lowest BCUT2D eigenvalue weighted by Crippen LogP contribution is -2.11. The molecule has 1 aliphatic carbocycles. The van der Waals surface area contributed by atoms with Gasteiger partial charge >= 0.3 is 6.95 Å². The van der Waals surface area contributed by atoms with Gasteiger partial charge in [0.25, 0.3) is 0 Å². The highest BCUT2D eigenvalue weighted by Gasteiger charge is 2.19. The summed E-state index contributed by atoms with van der Waals surface area (Å²) in [6.07, 6.45) is 5.86. The molecule has 0 heterocycles. The molecule has 3 nitrogen and oxygen atoms in total. The largest absolute Gasteiger partial charge is 0.421 e. The molecular formula is C7H14ClO3P. The Morgan fingerprint density at radius 1 is 1.42 bits per heavy atom. The molecule has 0 aromatic heterocycles. The van der Waals surface area contributed by atoms with Crippen molar-refractivity contribution in [1.29, 1.82) is 0 Å². The summed E-state index contributed by atoms with van der Waals surface area (Å²) in [5.74, 6) is 0.429. The van der Waals surface area contributed by atoms with Crippen LogP contribution in [0.2, 0.25) is 0 Å². The summed E-state index contributed by atoms with van der Waals surface area (Å²) in [7, 11) is 0. The first-order valence-electron chi connectivity index (χ1n) is 4.25. The fourth-order valence-electron chi connectivity index (χ4n) is 1.55. The molecule has 1 aliphatic rings. The van der Waals surface area contributed by atoms with Crippen LogP contribution in [0.5, 0.6) is 0 Å². The highest BCUT2D eigenvalue weighted by Crippen LogP contribution is 2.48. The average Bonchev–Trinajstić information content (AvgIpc) is 2.02. The van der Waals surface area contributed by atoms with Gasteiger partial charge in [0.15, 0.2) is 0 Å². The van der Waals surface area contributed by atoms with Crippen LogP contribution in [-0.4, -0.2) is 11.5 Å². The summed E-state index contributed by atoms with van der Waals surface area (Å²) in [5.41, 5.74) is 0. The van der Waals surface area contributed by atoms with E-state index in [1.54, 1.807) is 0 Å². The minimum absolute atomic E-state index is 0.331. The molecule has 1 unspecified atom stereocenters. The Kier molecular flexibility index (Phi) is 4.04. The minimum Gasteiger partial charge on any atom is -0.313 e. The third-order valence-corrected chi connectivity index (χ3v) is 2.95. The van der Waals surface area contributed by atoms with Crippen LogP contribution >= 0.6 is 18.2 Å². The molecule has 0 aliphatic heterocycles. The highest BCUT2D eigenvalue weighted by molar-refractivity contribution is 7.80. The molecule has 0 aromatic carbocycles. The van der Waals surface area contributed by atoms with E-state index in [0.29, 0.717) is 12.5 Å². The fraction of sp³-hybridized carbons (Fsp3) is 1.00. The Labute approximate surface area is 77.4 Å². The van der Waals surface area contributed by atoms with Crippen molar-refractivity contribution < 1.29 is 14.0 Å². The van der Waals surface area contributed by atoms with Crippen LogP contribution < -0.4 is 0 Å². The van der Waals surface area contributed by atoms with Gasteiger partial charge in [0.05, 0.1) is 6.61 Å². The normalized spacial score (nSPS) is 25.2. The van der Waals surface area contributed by atoms with Gasteiger partial charge in [0.2, 0.25) is 0 Å². The first-order chi connectivity index (χ1) is 5.58. The van der Waals surface area contributed by atoms with Crippen LogP contribution in [0, 0.1) is 5.92 Å². The third-order valence-electron chi connectivity index (χ3n) is 2.19. The lowest BCUT2D eigenvalue weighted by Gasteiger charge is -2.21. The molecule has 0 spiro atoms. The first-order valence-corrected chi connectivity index (χ1v) is 6.73. The van der Waals surface area contributed by atoms with Crippen LogP contribution in [0.3, 0.4) is 0 Å². The SMILES string of the molecule is O=P(O)(Cl)OCC1CCCCC1. The maximum absolute atomic E-state index is 10.6. The number of hydrogen-bond acceptors (Lipinski definition) is 2. The predicted octanol–water partition coefficient (Wildman–Crippen LogP) is 2.92. The Balaban J connectivity index is 2.17. The molecule has 0 bridgehead atoms. The van der Waals surface area contributed by atoms with Crippen LogP contribution in [0.15, 0.2) is 0 Å². The van der Waals surface area contributed by atoms with E-state index in [0.717, 1.165) is 12.8 Å². The van der Waals surface area contributed by atoms with Gasteiger partial charge in [-0.1, -0.05) is 19.3 Å². The molecule has 1 rings (SSSR count). The van der Waals surface area contributed by atoms with E-state index in [9.17, 15) is 4.57 Å². The highest BCUT2D eigenvalue weighted by atomic mass is 35.7. The van der Waals surface area contributed by atoms with E-state index in [1.807, 2.05) is 0 Å². The van der Waals surface area contributed by atoms with Crippen molar-refractivity contribution in [2.75, 3.05) is 6.61 Å². The summed E-state index contributed by atoms with van der Waals surface area (Å²) >= 11 is 5.04. The molecule has 5 heteroatoms. The summed E-state index contributed by atoms with van der Waals surface area (Å²) in [6, 6.07) is 0. The molecule has 0 amide bonds. The Morgan fingerprint density at radius 3 is 2.50 bits per heavy atom. The zero-order valence-electron chi connectivity index (χ0n) is 6.91. The van der Waals surface area contributed by atoms with Crippen molar-refractivity contribution in [3.63, 3.8) is 0 Å². The zero-order valence-corrected chi connectivity index (χ0v) is 8.56. The van der Waals surface area contributed by atoms with Crippen molar-refractivity contribution in [1.82, 2.24) is 0 Å². The molecule has 1 fully saturated rings. The number of halogens is 1. The van der Waals surface area contributed by atoms with Crippen molar-refractivity contribution in [2.24, 2.45) is 5.92 Å². The number of rotatable bonds is 3. The predicted molar refractivity (Wildman–Crippen MR) is 48.2 cm³/mol. The van der Waals surface area contributed by atoms with Gasteiger partial charge in [-0.05, 0) is 18.8 Å². The van der Waals surface area contributed by atoms with E-state index < -0.39 is 6.95 Å².